The SMILES string of the molecule is CCOC(=O)c1c(NC(=O)C2CC=CCC2)sc2c1CCS(=O)(=O)C2. The van der Waals surface area contributed by atoms with Crippen molar-refractivity contribution < 1.29 is 22.7 Å². The van der Waals surface area contributed by atoms with Gasteiger partial charge in [-0.3, -0.25) is 4.79 Å². The van der Waals surface area contributed by atoms with Crippen molar-refractivity contribution in [3.63, 3.8) is 0 Å². The Morgan fingerprint density at radius 3 is 2.84 bits per heavy atom. The van der Waals surface area contributed by atoms with Gasteiger partial charge in [-0.15, -0.1) is 11.3 Å². The number of hydrogen-bond donors (Lipinski definition) is 1. The predicted molar refractivity (Wildman–Crippen MR) is 96.6 cm³/mol. The Morgan fingerprint density at radius 2 is 2.16 bits per heavy atom. The molecule has 0 saturated heterocycles. The zero-order valence-electron chi connectivity index (χ0n) is 14.0. The first kappa shape index (κ1) is 18.1. The minimum Gasteiger partial charge on any atom is -0.462 e. The van der Waals surface area contributed by atoms with Crippen molar-refractivity contribution >= 4 is 38.1 Å². The molecular weight excluding hydrogens is 362 g/mol. The van der Waals surface area contributed by atoms with Gasteiger partial charge in [0.15, 0.2) is 9.84 Å². The maximum atomic E-state index is 12.5. The van der Waals surface area contributed by atoms with E-state index in [2.05, 4.69) is 11.4 Å². The topological polar surface area (TPSA) is 89.5 Å². The Kier molecular flexibility index (Phi) is 5.29. The summed E-state index contributed by atoms with van der Waals surface area (Å²) in [6, 6.07) is 0. The van der Waals surface area contributed by atoms with Crippen LogP contribution in [0.5, 0.6) is 0 Å². The molecule has 0 bridgehead atoms. The molecule has 1 aliphatic heterocycles. The predicted octanol–water partition coefficient (Wildman–Crippen LogP) is 2.69. The Hall–Kier alpha value is -1.67. The lowest BCUT2D eigenvalue weighted by Gasteiger charge is -2.17. The molecule has 1 amide bonds. The van der Waals surface area contributed by atoms with Crippen molar-refractivity contribution in [1.82, 2.24) is 0 Å². The van der Waals surface area contributed by atoms with Gasteiger partial charge in [0, 0.05) is 10.8 Å². The van der Waals surface area contributed by atoms with E-state index in [1.54, 1.807) is 6.92 Å². The van der Waals surface area contributed by atoms with E-state index in [0.29, 0.717) is 27.4 Å². The summed E-state index contributed by atoms with van der Waals surface area (Å²) in [5.74, 6) is -0.817. The maximum Gasteiger partial charge on any atom is 0.341 e. The first-order valence-electron chi connectivity index (χ1n) is 8.39. The average molecular weight is 383 g/mol. The van der Waals surface area contributed by atoms with Crippen molar-refractivity contribution in [3.05, 3.63) is 28.2 Å². The van der Waals surface area contributed by atoms with Crippen molar-refractivity contribution in [3.8, 4) is 0 Å². The molecule has 1 unspecified atom stereocenters. The van der Waals surface area contributed by atoms with Gasteiger partial charge in [-0.05, 0) is 38.2 Å². The van der Waals surface area contributed by atoms with Crippen LogP contribution in [-0.2, 0) is 31.5 Å². The monoisotopic (exact) mass is 383 g/mol. The third-order valence-electron chi connectivity index (χ3n) is 4.46. The Morgan fingerprint density at radius 1 is 1.36 bits per heavy atom. The summed E-state index contributed by atoms with van der Waals surface area (Å²) in [5.41, 5.74) is 1.04. The number of esters is 1. The first-order chi connectivity index (χ1) is 11.9. The number of amides is 1. The lowest BCUT2D eigenvalue weighted by molar-refractivity contribution is -0.120. The molecule has 0 radical (unpaired) electrons. The smallest absolute Gasteiger partial charge is 0.341 e. The van der Waals surface area contributed by atoms with Gasteiger partial charge in [0.25, 0.3) is 0 Å². The minimum atomic E-state index is -3.15. The molecule has 1 aliphatic carbocycles. The molecule has 0 spiro atoms. The average Bonchev–Trinajstić information content (AvgIpc) is 2.91. The Bertz CT molecular complexity index is 822. The van der Waals surface area contributed by atoms with E-state index in [9.17, 15) is 18.0 Å². The van der Waals surface area contributed by atoms with E-state index in [4.69, 9.17) is 4.74 Å². The summed E-state index contributed by atoms with van der Waals surface area (Å²) < 4.78 is 28.9. The van der Waals surface area contributed by atoms with Crippen LogP contribution in [0.4, 0.5) is 5.00 Å². The van der Waals surface area contributed by atoms with Gasteiger partial charge in [-0.2, -0.15) is 0 Å². The number of anilines is 1. The molecule has 1 N–H and O–H groups in total. The third-order valence-corrected chi connectivity index (χ3v) is 7.35. The number of ether oxygens (including phenoxy) is 1. The second kappa shape index (κ2) is 7.29. The lowest BCUT2D eigenvalue weighted by atomic mass is 9.93. The van der Waals surface area contributed by atoms with Crippen LogP contribution in [0, 0.1) is 5.92 Å². The van der Waals surface area contributed by atoms with Gasteiger partial charge < -0.3 is 10.1 Å². The van der Waals surface area contributed by atoms with E-state index in [-0.39, 0.29) is 36.4 Å². The van der Waals surface area contributed by atoms with Gasteiger partial charge >= 0.3 is 5.97 Å². The zero-order chi connectivity index (χ0) is 18.0. The van der Waals surface area contributed by atoms with Gasteiger partial charge in [0.2, 0.25) is 5.91 Å². The molecule has 6 nitrogen and oxygen atoms in total. The van der Waals surface area contributed by atoms with E-state index >= 15 is 0 Å². The summed E-state index contributed by atoms with van der Waals surface area (Å²) in [7, 11) is -3.15. The number of fused-ring (bicyclic) bond motifs is 1. The molecule has 136 valence electrons. The molecular formula is C17H21NO5S2. The Labute approximate surface area is 151 Å². The summed E-state index contributed by atoms with van der Waals surface area (Å²) in [6.07, 6.45) is 6.65. The fourth-order valence-corrected chi connectivity index (χ4v) is 6.22. The highest BCUT2D eigenvalue weighted by atomic mass is 32.2. The van der Waals surface area contributed by atoms with Crippen molar-refractivity contribution in [2.45, 2.75) is 38.4 Å². The third kappa shape index (κ3) is 3.95. The van der Waals surface area contributed by atoms with Crippen LogP contribution in [0.15, 0.2) is 12.2 Å². The molecule has 1 aromatic heterocycles. The van der Waals surface area contributed by atoms with Crippen LogP contribution in [0.2, 0.25) is 0 Å². The lowest BCUT2D eigenvalue weighted by Crippen LogP contribution is -2.24. The molecule has 25 heavy (non-hydrogen) atoms. The standard InChI is InChI=1S/C17H21NO5S2/c1-2-23-17(20)14-12-8-9-25(21,22)10-13(12)24-16(14)18-15(19)11-6-4-3-5-7-11/h3-4,11H,2,5-10H2,1H3,(H,18,19). The number of sulfone groups is 1. The molecule has 2 heterocycles. The molecule has 1 aromatic rings. The summed E-state index contributed by atoms with van der Waals surface area (Å²) in [4.78, 5) is 25.6. The second-order valence-corrected chi connectivity index (χ2v) is 9.53. The fourth-order valence-electron chi connectivity index (χ4n) is 3.18. The number of hydrogen-bond acceptors (Lipinski definition) is 6. The van der Waals surface area contributed by atoms with Crippen LogP contribution < -0.4 is 5.32 Å². The fraction of sp³-hybridized carbons (Fsp3) is 0.529. The molecule has 0 saturated carbocycles. The summed E-state index contributed by atoms with van der Waals surface area (Å²) in [5, 5.41) is 3.27. The van der Waals surface area contributed by atoms with E-state index < -0.39 is 15.8 Å². The number of carbonyl (C=O) groups excluding carboxylic acids is 2. The largest absolute Gasteiger partial charge is 0.462 e. The van der Waals surface area contributed by atoms with Gasteiger partial charge in [0.1, 0.15) is 5.00 Å². The van der Waals surface area contributed by atoms with Crippen molar-refractivity contribution in [2.75, 3.05) is 17.7 Å². The number of carbonyl (C=O) groups is 2. The van der Waals surface area contributed by atoms with E-state index in [0.717, 1.165) is 12.8 Å². The van der Waals surface area contributed by atoms with Crippen molar-refractivity contribution in [2.24, 2.45) is 5.92 Å². The normalized spacial score (nSPS) is 21.4. The number of allylic oxidation sites excluding steroid dienone is 2. The van der Waals surface area contributed by atoms with E-state index in [1.807, 2.05) is 6.08 Å². The van der Waals surface area contributed by atoms with Crippen LogP contribution in [-0.4, -0.2) is 32.7 Å². The Balaban J connectivity index is 1.92. The van der Waals surface area contributed by atoms with Gasteiger partial charge in [-0.1, -0.05) is 12.2 Å². The highest BCUT2D eigenvalue weighted by molar-refractivity contribution is 7.90. The molecule has 0 aromatic carbocycles. The molecule has 3 rings (SSSR count). The minimum absolute atomic E-state index is 0.0178. The quantitative estimate of drug-likeness (QED) is 0.638. The molecule has 0 fully saturated rings. The van der Waals surface area contributed by atoms with E-state index in [1.165, 1.54) is 11.3 Å². The zero-order valence-corrected chi connectivity index (χ0v) is 15.7. The number of nitrogens with one attached hydrogen (secondary N) is 1. The maximum absolute atomic E-state index is 12.5. The highest BCUT2D eigenvalue weighted by Crippen LogP contribution is 2.39. The van der Waals surface area contributed by atoms with Crippen LogP contribution in [0.1, 0.15) is 47.0 Å². The summed E-state index contributed by atoms with van der Waals surface area (Å²) in [6.45, 7) is 1.94. The van der Waals surface area contributed by atoms with Crippen molar-refractivity contribution in [1.29, 1.82) is 0 Å². The number of rotatable bonds is 4. The van der Waals surface area contributed by atoms with Crippen LogP contribution in [0.25, 0.3) is 0 Å². The summed E-state index contributed by atoms with van der Waals surface area (Å²) >= 11 is 1.18. The second-order valence-electron chi connectivity index (χ2n) is 6.24. The molecule has 1 atom stereocenters. The number of thiophene rings is 1. The van der Waals surface area contributed by atoms with Crippen LogP contribution >= 0.6 is 11.3 Å². The first-order valence-corrected chi connectivity index (χ1v) is 11.0. The molecule has 2 aliphatic rings. The van der Waals surface area contributed by atoms with Gasteiger partial charge in [-0.25, -0.2) is 13.2 Å². The van der Waals surface area contributed by atoms with Crippen LogP contribution in [0.3, 0.4) is 0 Å². The van der Waals surface area contributed by atoms with Gasteiger partial charge in [0.05, 0.1) is 23.7 Å². The molecule has 8 heteroatoms. The highest BCUT2D eigenvalue weighted by Gasteiger charge is 2.32.